The molecule has 0 aliphatic carbocycles. The van der Waals surface area contributed by atoms with Crippen molar-refractivity contribution in [2.45, 2.75) is 36.2 Å². The largest absolute Gasteiger partial charge is 0.312 e. The van der Waals surface area contributed by atoms with Gasteiger partial charge >= 0.3 is 0 Å². The molecule has 2 aromatic carbocycles. The van der Waals surface area contributed by atoms with Crippen LogP contribution in [-0.2, 0) is 26.9 Å². The van der Waals surface area contributed by atoms with Crippen LogP contribution in [0.2, 0.25) is 0 Å². The van der Waals surface area contributed by atoms with Gasteiger partial charge in [0.25, 0.3) is 0 Å². The molecule has 0 fully saturated rings. The molecule has 1 heterocycles. The number of benzene rings is 2. The van der Waals surface area contributed by atoms with E-state index in [1.807, 2.05) is 44.2 Å². The number of anilines is 1. The number of aromatic nitrogens is 3. The van der Waals surface area contributed by atoms with Crippen LogP contribution in [0.3, 0.4) is 0 Å². The molecule has 0 unspecified atom stereocenters. The van der Waals surface area contributed by atoms with E-state index >= 15 is 0 Å². The van der Waals surface area contributed by atoms with Crippen molar-refractivity contribution in [2.24, 2.45) is 0 Å². The molecule has 9 heteroatoms. The third-order valence-corrected chi connectivity index (χ3v) is 7.12. The van der Waals surface area contributed by atoms with Gasteiger partial charge in [0.15, 0.2) is 15.0 Å². The third kappa shape index (κ3) is 5.09. The Morgan fingerprint density at radius 3 is 2.23 bits per heavy atom. The minimum atomic E-state index is -3.53. The van der Waals surface area contributed by atoms with Crippen LogP contribution >= 0.6 is 11.8 Å². The molecule has 0 spiro atoms. The van der Waals surface area contributed by atoms with Gasteiger partial charge in [-0.25, -0.2) is 8.42 Å². The fourth-order valence-corrected chi connectivity index (χ4v) is 5.24. The molecular formula is C21H24N4O3S2. The van der Waals surface area contributed by atoms with Gasteiger partial charge in [-0.15, -0.1) is 10.2 Å². The number of carbonyl (C=O) groups is 1. The van der Waals surface area contributed by atoms with Crippen molar-refractivity contribution in [3.05, 3.63) is 66.5 Å². The first kappa shape index (κ1) is 22.0. The van der Waals surface area contributed by atoms with Gasteiger partial charge < -0.3 is 9.47 Å². The first-order chi connectivity index (χ1) is 14.5. The van der Waals surface area contributed by atoms with Crippen molar-refractivity contribution < 1.29 is 13.2 Å². The summed E-state index contributed by atoms with van der Waals surface area (Å²) in [7, 11) is -3.53. The Bertz CT molecular complexity index is 1080. The average Bonchev–Trinajstić information content (AvgIpc) is 3.15. The quantitative estimate of drug-likeness (QED) is 0.470. The molecule has 158 valence electrons. The van der Waals surface area contributed by atoms with Crippen LogP contribution < -0.4 is 4.90 Å². The number of amides is 1. The molecular weight excluding hydrogens is 420 g/mol. The molecule has 0 aliphatic rings. The number of thioether (sulfide) groups is 1. The number of hydrogen-bond acceptors (Lipinski definition) is 6. The highest BCUT2D eigenvalue weighted by Crippen LogP contribution is 2.22. The summed E-state index contributed by atoms with van der Waals surface area (Å²) in [6.45, 7) is 4.90. The van der Waals surface area contributed by atoms with E-state index in [9.17, 15) is 13.2 Å². The van der Waals surface area contributed by atoms with E-state index in [4.69, 9.17) is 0 Å². The number of para-hydroxylation sites is 1. The standard InChI is InChI=1S/C21H24N4O3S2/c1-3-24(17-11-7-5-8-12-17)20(26)15-29-21-23-22-19(25(21)4-2)16-30(27,28)18-13-9-6-10-14-18/h5-14H,3-4,15-16H2,1-2H3. The molecule has 0 saturated carbocycles. The van der Waals surface area contributed by atoms with Gasteiger partial charge in [0, 0.05) is 18.8 Å². The molecule has 0 radical (unpaired) electrons. The van der Waals surface area contributed by atoms with Crippen LogP contribution in [0, 0.1) is 0 Å². The second-order valence-corrected chi connectivity index (χ2v) is 9.41. The minimum Gasteiger partial charge on any atom is -0.312 e. The van der Waals surface area contributed by atoms with E-state index in [1.165, 1.54) is 11.8 Å². The average molecular weight is 445 g/mol. The van der Waals surface area contributed by atoms with Gasteiger partial charge in [0.2, 0.25) is 5.91 Å². The summed E-state index contributed by atoms with van der Waals surface area (Å²) in [5, 5.41) is 8.76. The lowest BCUT2D eigenvalue weighted by atomic mass is 10.3. The molecule has 0 bridgehead atoms. The lowest BCUT2D eigenvalue weighted by Gasteiger charge is -2.20. The van der Waals surface area contributed by atoms with E-state index in [1.54, 1.807) is 39.8 Å². The highest BCUT2D eigenvalue weighted by molar-refractivity contribution is 7.99. The Hall–Kier alpha value is -2.65. The summed E-state index contributed by atoms with van der Waals surface area (Å²) in [5.74, 6) is 0.272. The van der Waals surface area contributed by atoms with Crippen molar-refractivity contribution in [2.75, 3.05) is 17.2 Å². The monoisotopic (exact) mass is 444 g/mol. The SMILES string of the molecule is CCN(C(=O)CSc1nnc(CS(=O)(=O)c2ccccc2)n1CC)c1ccccc1. The van der Waals surface area contributed by atoms with Crippen LogP contribution in [0.5, 0.6) is 0 Å². The van der Waals surface area contributed by atoms with Crippen LogP contribution in [-0.4, -0.2) is 41.4 Å². The predicted octanol–water partition coefficient (Wildman–Crippen LogP) is 3.42. The van der Waals surface area contributed by atoms with Gasteiger partial charge in [0.05, 0.1) is 10.6 Å². The van der Waals surface area contributed by atoms with Gasteiger partial charge in [0.1, 0.15) is 11.6 Å². The Labute approximate surface area is 181 Å². The van der Waals surface area contributed by atoms with E-state index in [0.717, 1.165) is 5.69 Å². The van der Waals surface area contributed by atoms with E-state index in [2.05, 4.69) is 10.2 Å². The second kappa shape index (κ2) is 9.90. The maximum Gasteiger partial charge on any atom is 0.237 e. The van der Waals surface area contributed by atoms with Crippen molar-refractivity contribution in [3.63, 3.8) is 0 Å². The molecule has 0 aliphatic heterocycles. The zero-order chi connectivity index (χ0) is 21.6. The molecule has 3 aromatic rings. The molecule has 0 N–H and O–H groups in total. The maximum atomic E-state index is 12.7. The molecule has 1 aromatic heterocycles. The summed E-state index contributed by atoms with van der Waals surface area (Å²) < 4.78 is 27.1. The highest BCUT2D eigenvalue weighted by Gasteiger charge is 2.22. The smallest absolute Gasteiger partial charge is 0.237 e. The normalized spacial score (nSPS) is 11.4. The Morgan fingerprint density at radius 1 is 1.00 bits per heavy atom. The van der Waals surface area contributed by atoms with E-state index < -0.39 is 9.84 Å². The molecule has 1 amide bonds. The lowest BCUT2D eigenvalue weighted by molar-refractivity contribution is -0.116. The first-order valence-corrected chi connectivity index (χ1v) is 12.3. The fourth-order valence-electron chi connectivity index (χ4n) is 3.05. The Morgan fingerprint density at radius 2 is 1.63 bits per heavy atom. The van der Waals surface area contributed by atoms with E-state index in [-0.39, 0.29) is 22.3 Å². The molecule has 0 atom stereocenters. The highest BCUT2D eigenvalue weighted by atomic mass is 32.2. The van der Waals surface area contributed by atoms with Gasteiger partial charge in [-0.05, 0) is 38.1 Å². The first-order valence-electron chi connectivity index (χ1n) is 9.64. The maximum absolute atomic E-state index is 12.7. The summed E-state index contributed by atoms with van der Waals surface area (Å²) in [6.07, 6.45) is 0. The summed E-state index contributed by atoms with van der Waals surface area (Å²) in [6, 6.07) is 17.8. The zero-order valence-corrected chi connectivity index (χ0v) is 18.6. The number of nitrogens with zero attached hydrogens (tertiary/aromatic N) is 4. The number of sulfone groups is 1. The Kier molecular flexibility index (Phi) is 7.28. The predicted molar refractivity (Wildman–Crippen MR) is 118 cm³/mol. The van der Waals surface area contributed by atoms with Crippen LogP contribution in [0.15, 0.2) is 70.7 Å². The van der Waals surface area contributed by atoms with Crippen LogP contribution in [0.25, 0.3) is 0 Å². The van der Waals surface area contributed by atoms with Crippen molar-refractivity contribution in [3.8, 4) is 0 Å². The topological polar surface area (TPSA) is 85.2 Å². The number of hydrogen-bond donors (Lipinski definition) is 0. The summed E-state index contributed by atoms with van der Waals surface area (Å²) in [5.41, 5.74) is 0.845. The summed E-state index contributed by atoms with van der Waals surface area (Å²) >= 11 is 1.26. The second-order valence-electron chi connectivity index (χ2n) is 6.48. The fraction of sp³-hybridized carbons (Fsp3) is 0.286. The third-order valence-electron chi connectivity index (χ3n) is 4.54. The van der Waals surface area contributed by atoms with Gasteiger partial charge in [-0.3, -0.25) is 4.79 Å². The Balaban J connectivity index is 1.72. The number of rotatable bonds is 9. The van der Waals surface area contributed by atoms with Crippen molar-refractivity contribution in [1.29, 1.82) is 0 Å². The van der Waals surface area contributed by atoms with E-state index in [0.29, 0.717) is 24.1 Å². The van der Waals surface area contributed by atoms with Crippen molar-refractivity contribution >= 4 is 33.2 Å². The van der Waals surface area contributed by atoms with Gasteiger partial charge in [-0.1, -0.05) is 48.2 Å². The molecule has 30 heavy (non-hydrogen) atoms. The number of carbonyl (C=O) groups excluding carboxylic acids is 1. The zero-order valence-electron chi connectivity index (χ0n) is 16.9. The molecule has 3 rings (SSSR count). The van der Waals surface area contributed by atoms with Crippen LogP contribution in [0.4, 0.5) is 5.69 Å². The molecule has 0 saturated heterocycles. The van der Waals surface area contributed by atoms with Crippen LogP contribution in [0.1, 0.15) is 19.7 Å². The van der Waals surface area contributed by atoms with Gasteiger partial charge in [-0.2, -0.15) is 0 Å². The lowest BCUT2D eigenvalue weighted by Crippen LogP contribution is -2.32. The minimum absolute atomic E-state index is 0.0437. The van der Waals surface area contributed by atoms with Crippen molar-refractivity contribution in [1.82, 2.24) is 14.8 Å². The molecule has 7 nitrogen and oxygen atoms in total. The summed E-state index contributed by atoms with van der Waals surface area (Å²) in [4.78, 5) is 14.7.